The zero-order valence-corrected chi connectivity index (χ0v) is 10.9. The van der Waals surface area contributed by atoms with Crippen molar-refractivity contribution < 1.29 is 4.79 Å². The summed E-state index contributed by atoms with van der Waals surface area (Å²) in [5, 5.41) is 3.13. The summed E-state index contributed by atoms with van der Waals surface area (Å²) in [4.78, 5) is 18.0. The minimum absolute atomic E-state index is 0.00981. The Kier molecular flexibility index (Phi) is 4.56. The van der Waals surface area contributed by atoms with Crippen LogP contribution in [0.2, 0.25) is 0 Å². The lowest BCUT2D eigenvalue weighted by Crippen LogP contribution is -2.45. The Balaban J connectivity index is 1.97. The fourth-order valence-electron chi connectivity index (χ4n) is 2.47. The van der Waals surface area contributed by atoms with Crippen LogP contribution in [0.5, 0.6) is 0 Å². The van der Waals surface area contributed by atoms with Crippen molar-refractivity contribution in [1.29, 1.82) is 0 Å². The second-order valence-corrected chi connectivity index (χ2v) is 4.73. The van der Waals surface area contributed by atoms with Crippen molar-refractivity contribution in [1.82, 2.24) is 10.3 Å². The number of carbonyl (C=O) groups excluding carboxylic acids is 1. The molecule has 1 aromatic rings. The van der Waals surface area contributed by atoms with Crippen LogP contribution in [-0.4, -0.2) is 23.6 Å². The fraction of sp³-hybridized carbons (Fsp3) is 0.571. The Labute approximate surface area is 108 Å². The third-order valence-corrected chi connectivity index (χ3v) is 3.47. The number of hydrogen-bond acceptors (Lipinski definition) is 2. The molecule has 4 nitrogen and oxygen atoms in total. The molecule has 2 amide bonds. The van der Waals surface area contributed by atoms with E-state index in [1.807, 2.05) is 19.1 Å². The summed E-state index contributed by atoms with van der Waals surface area (Å²) < 4.78 is 0. The summed E-state index contributed by atoms with van der Waals surface area (Å²) in [5.74, 6) is 0. The first-order valence-electron chi connectivity index (χ1n) is 6.79. The molecule has 1 N–H and O–H groups in total. The molecule has 0 spiro atoms. The molecular formula is C14H21N3O. The molecule has 1 aliphatic rings. The van der Waals surface area contributed by atoms with Crippen LogP contribution in [0.15, 0.2) is 24.5 Å². The zero-order chi connectivity index (χ0) is 12.8. The third-order valence-electron chi connectivity index (χ3n) is 3.47. The second-order valence-electron chi connectivity index (χ2n) is 4.73. The first-order valence-corrected chi connectivity index (χ1v) is 6.79. The molecule has 0 aromatic carbocycles. The van der Waals surface area contributed by atoms with Crippen LogP contribution >= 0.6 is 0 Å². The minimum atomic E-state index is 0.00981. The van der Waals surface area contributed by atoms with Gasteiger partial charge in [-0.25, -0.2) is 4.79 Å². The lowest BCUT2D eigenvalue weighted by atomic mass is 9.96. The molecule has 2 rings (SSSR count). The number of aromatic nitrogens is 1. The van der Waals surface area contributed by atoms with E-state index < -0.39 is 0 Å². The quantitative estimate of drug-likeness (QED) is 0.892. The topological polar surface area (TPSA) is 45.2 Å². The molecule has 98 valence electrons. The van der Waals surface area contributed by atoms with Gasteiger partial charge >= 0.3 is 6.03 Å². The lowest BCUT2D eigenvalue weighted by Gasteiger charge is -2.27. The zero-order valence-electron chi connectivity index (χ0n) is 10.9. The number of anilines is 1. The predicted molar refractivity (Wildman–Crippen MR) is 72.7 cm³/mol. The summed E-state index contributed by atoms with van der Waals surface area (Å²) in [6.45, 7) is 2.66. The van der Waals surface area contributed by atoms with Crippen LogP contribution in [-0.2, 0) is 0 Å². The Morgan fingerprint density at radius 3 is 2.61 bits per heavy atom. The van der Waals surface area contributed by atoms with E-state index in [1.165, 1.54) is 19.3 Å². The molecule has 1 heterocycles. The highest BCUT2D eigenvalue weighted by Gasteiger charge is 2.19. The molecule has 1 aliphatic carbocycles. The summed E-state index contributed by atoms with van der Waals surface area (Å²) in [5.41, 5.74) is 0.904. The van der Waals surface area contributed by atoms with Crippen molar-refractivity contribution in [3.63, 3.8) is 0 Å². The van der Waals surface area contributed by atoms with E-state index in [4.69, 9.17) is 0 Å². The minimum Gasteiger partial charge on any atom is -0.335 e. The first-order chi connectivity index (χ1) is 8.81. The highest BCUT2D eigenvalue weighted by atomic mass is 16.2. The van der Waals surface area contributed by atoms with Crippen LogP contribution in [0.1, 0.15) is 39.0 Å². The maximum atomic E-state index is 12.2. The van der Waals surface area contributed by atoms with Gasteiger partial charge in [0.1, 0.15) is 0 Å². The van der Waals surface area contributed by atoms with E-state index in [-0.39, 0.29) is 6.03 Å². The molecule has 0 atom stereocenters. The van der Waals surface area contributed by atoms with Crippen molar-refractivity contribution >= 4 is 11.7 Å². The molecule has 0 aliphatic heterocycles. The molecule has 4 heteroatoms. The average Bonchev–Trinajstić information content (AvgIpc) is 2.42. The van der Waals surface area contributed by atoms with Crippen molar-refractivity contribution in [2.75, 3.05) is 11.4 Å². The predicted octanol–water partition coefficient (Wildman–Crippen LogP) is 2.95. The highest BCUT2D eigenvalue weighted by molar-refractivity contribution is 5.91. The van der Waals surface area contributed by atoms with Crippen LogP contribution in [0.3, 0.4) is 0 Å². The van der Waals surface area contributed by atoms with Crippen LogP contribution in [0.4, 0.5) is 10.5 Å². The second kappa shape index (κ2) is 6.38. The van der Waals surface area contributed by atoms with E-state index in [0.29, 0.717) is 12.6 Å². The number of nitrogens with zero attached hydrogens (tertiary/aromatic N) is 2. The molecule has 0 saturated heterocycles. The van der Waals surface area contributed by atoms with Gasteiger partial charge < -0.3 is 5.32 Å². The molecule has 0 unspecified atom stereocenters. The standard InChI is InChI=1S/C14H21N3O/c1-2-17(13-8-10-15-11-9-13)14(18)16-12-6-4-3-5-7-12/h8-12H,2-7H2,1H3,(H,16,18). The van der Waals surface area contributed by atoms with E-state index >= 15 is 0 Å². The monoisotopic (exact) mass is 247 g/mol. The maximum absolute atomic E-state index is 12.2. The van der Waals surface area contributed by atoms with Crippen molar-refractivity contribution in [3.05, 3.63) is 24.5 Å². The Hall–Kier alpha value is -1.58. The SMILES string of the molecule is CCN(C(=O)NC1CCCCC1)c1ccncc1. The molecular weight excluding hydrogens is 226 g/mol. The van der Waals surface area contributed by atoms with Crippen molar-refractivity contribution in [2.45, 2.75) is 45.1 Å². The van der Waals surface area contributed by atoms with Gasteiger partial charge in [-0.1, -0.05) is 19.3 Å². The number of hydrogen-bond donors (Lipinski definition) is 1. The van der Waals surface area contributed by atoms with Crippen LogP contribution in [0.25, 0.3) is 0 Å². The number of amides is 2. The Morgan fingerprint density at radius 2 is 2.00 bits per heavy atom. The van der Waals surface area contributed by atoms with Crippen LogP contribution < -0.4 is 10.2 Å². The fourth-order valence-corrected chi connectivity index (χ4v) is 2.47. The lowest BCUT2D eigenvalue weighted by molar-refractivity contribution is 0.238. The summed E-state index contributed by atoms with van der Waals surface area (Å²) in [6, 6.07) is 4.09. The average molecular weight is 247 g/mol. The summed E-state index contributed by atoms with van der Waals surface area (Å²) >= 11 is 0. The van der Waals surface area contributed by atoms with Gasteiger partial charge in [-0.2, -0.15) is 0 Å². The van der Waals surface area contributed by atoms with E-state index in [1.54, 1.807) is 17.3 Å². The van der Waals surface area contributed by atoms with E-state index in [0.717, 1.165) is 18.5 Å². The van der Waals surface area contributed by atoms with Gasteiger partial charge in [0.05, 0.1) is 0 Å². The normalized spacial score (nSPS) is 16.3. The Bertz CT molecular complexity index is 374. The van der Waals surface area contributed by atoms with Gasteiger partial charge in [0.15, 0.2) is 0 Å². The molecule has 1 aromatic heterocycles. The molecule has 0 radical (unpaired) electrons. The highest BCUT2D eigenvalue weighted by Crippen LogP contribution is 2.18. The van der Waals surface area contributed by atoms with E-state index in [9.17, 15) is 4.79 Å². The molecule has 1 fully saturated rings. The smallest absolute Gasteiger partial charge is 0.322 e. The number of pyridine rings is 1. The number of urea groups is 1. The van der Waals surface area contributed by atoms with Crippen molar-refractivity contribution in [3.8, 4) is 0 Å². The van der Waals surface area contributed by atoms with Crippen molar-refractivity contribution in [2.24, 2.45) is 0 Å². The first kappa shape index (κ1) is 12.9. The van der Waals surface area contributed by atoms with Gasteiger partial charge in [0.25, 0.3) is 0 Å². The molecule has 0 bridgehead atoms. The Morgan fingerprint density at radius 1 is 1.33 bits per heavy atom. The summed E-state index contributed by atoms with van der Waals surface area (Å²) in [6.07, 6.45) is 9.41. The maximum Gasteiger partial charge on any atom is 0.322 e. The van der Waals surface area contributed by atoms with Gasteiger partial charge in [-0.15, -0.1) is 0 Å². The van der Waals surface area contributed by atoms with Gasteiger partial charge in [-0.05, 0) is 31.9 Å². The number of nitrogens with one attached hydrogen (secondary N) is 1. The number of carbonyl (C=O) groups is 1. The largest absolute Gasteiger partial charge is 0.335 e. The number of rotatable bonds is 3. The molecule has 18 heavy (non-hydrogen) atoms. The van der Waals surface area contributed by atoms with Gasteiger partial charge in [0.2, 0.25) is 0 Å². The van der Waals surface area contributed by atoms with Crippen LogP contribution in [0, 0.1) is 0 Å². The van der Waals surface area contributed by atoms with Gasteiger partial charge in [-0.3, -0.25) is 9.88 Å². The molecule has 1 saturated carbocycles. The summed E-state index contributed by atoms with van der Waals surface area (Å²) in [7, 11) is 0. The van der Waals surface area contributed by atoms with E-state index in [2.05, 4.69) is 10.3 Å². The van der Waals surface area contributed by atoms with Gasteiger partial charge in [0, 0.05) is 30.7 Å². The third kappa shape index (κ3) is 3.22.